The van der Waals surface area contributed by atoms with E-state index in [1.165, 1.54) is 19.0 Å². The Morgan fingerprint density at radius 2 is 1.79 bits per heavy atom. The Kier molecular flexibility index (Phi) is 6.31. The fourth-order valence-electron chi connectivity index (χ4n) is 1.38. The van der Waals surface area contributed by atoms with E-state index < -0.39 is 23.5 Å². The molecular formula is C12H23N3O4. The zero-order chi connectivity index (χ0) is 15.2. The van der Waals surface area contributed by atoms with Gasteiger partial charge in [0.15, 0.2) is 0 Å². The smallest absolute Gasteiger partial charge is 0.326 e. The lowest BCUT2D eigenvalue weighted by molar-refractivity contribution is -0.142. The number of hydrogen-bond donors (Lipinski definition) is 3. The van der Waals surface area contributed by atoms with Gasteiger partial charge in [-0.3, -0.25) is 4.79 Å². The van der Waals surface area contributed by atoms with Crippen molar-refractivity contribution in [2.24, 2.45) is 5.41 Å². The largest absolute Gasteiger partial charge is 0.480 e. The predicted molar refractivity (Wildman–Crippen MR) is 70.7 cm³/mol. The average molecular weight is 273 g/mol. The monoisotopic (exact) mass is 273 g/mol. The Labute approximate surface area is 113 Å². The number of urea groups is 1. The van der Waals surface area contributed by atoms with Gasteiger partial charge in [0.2, 0.25) is 5.91 Å². The molecule has 0 saturated heterocycles. The van der Waals surface area contributed by atoms with Crippen molar-refractivity contribution in [2.75, 3.05) is 20.6 Å². The predicted octanol–water partition coefficient (Wildman–Crippen LogP) is 0.263. The van der Waals surface area contributed by atoms with Crippen LogP contribution < -0.4 is 10.6 Å². The standard InChI is InChI=1S/C12H23N3O4/c1-12(2,3)9(10(17)18)14-11(19)15(5)7-6-8(16)13-4/h9H,6-7H2,1-5H3,(H,13,16)(H,14,19)(H,17,18)/t9-/m0/s1. The average Bonchev–Trinajstić information content (AvgIpc) is 2.29. The van der Waals surface area contributed by atoms with E-state index in [0.717, 1.165) is 0 Å². The lowest BCUT2D eigenvalue weighted by Crippen LogP contribution is -2.52. The van der Waals surface area contributed by atoms with Crippen LogP contribution in [0.4, 0.5) is 4.79 Å². The van der Waals surface area contributed by atoms with E-state index in [9.17, 15) is 14.4 Å². The first-order chi connectivity index (χ1) is 8.59. The topological polar surface area (TPSA) is 98.7 Å². The Hall–Kier alpha value is -1.79. The van der Waals surface area contributed by atoms with Crippen molar-refractivity contribution < 1.29 is 19.5 Å². The molecule has 7 heteroatoms. The zero-order valence-corrected chi connectivity index (χ0v) is 12.1. The summed E-state index contributed by atoms with van der Waals surface area (Å²) in [5.41, 5.74) is -0.594. The van der Waals surface area contributed by atoms with E-state index >= 15 is 0 Å². The molecule has 0 aliphatic rings. The van der Waals surface area contributed by atoms with Crippen LogP contribution in [-0.2, 0) is 9.59 Å². The number of rotatable bonds is 5. The fraction of sp³-hybridized carbons (Fsp3) is 0.750. The van der Waals surface area contributed by atoms with Crippen LogP contribution in [-0.4, -0.2) is 54.6 Å². The summed E-state index contributed by atoms with van der Waals surface area (Å²) in [5.74, 6) is -1.26. The summed E-state index contributed by atoms with van der Waals surface area (Å²) >= 11 is 0. The molecule has 19 heavy (non-hydrogen) atoms. The van der Waals surface area contributed by atoms with Gasteiger partial charge in [-0.15, -0.1) is 0 Å². The second-order valence-electron chi connectivity index (χ2n) is 5.43. The molecular weight excluding hydrogens is 250 g/mol. The molecule has 0 bridgehead atoms. The van der Waals surface area contributed by atoms with E-state index in [1.807, 2.05) is 0 Å². The molecule has 0 fully saturated rings. The molecule has 3 N–H and O–H groups in total. The minimum absolute atomic E-state index is 0.174. The van der Waals surface area contributed by atoms with Gasteiger partial charge < -0.3 is 20.6 Å². The molecule has 0 rings (SSSR count). The summed E-state index contributed by atoms with van der Waals surface area (Å²) in [7, 11) is 3.03. The van der Waals surface area contributed by atoms with Gasteiger partial charge in [0.05, 0.1) is 0 Å². The van der Waals surface area contributed by atoms with Gasteiger partial charge in [0.25, 0.3) is 0 Å². The Bertz CT molecular complexity index is 349. The number of carboxylic acid groups (broad SMARTS) is 1. The van der Waals surface area contributed by atoms with Crippen molar-refractivity contribution in [1.29, 1.82) is 0 Å². The first kappa shape index (κ1) is 17.2. The number of carbonyl (C=O) groups excluding carboxylic acids is 2. The number of hydrogen-bond acceptors (Lipinski definition) is 3. The molecule has 0 aromatic carbocycles. The van der Waals surface area contributed by atoms with E-state index in [-0.39, 0.29) is 18.9 Å². The lowest BCUT2D eigenvalue weighted by Gasteiger charge is -2.29. The van der Waals surface area contributed by atoms with Gasteiger partial charge in [-0.25, -0.2) is 9.59 Å². The third-order valence-corrected chi connectivity index (χ3v) is 2.68. The molecule has 0 spiro atoms. The molecule has 1 atom stereocenters. The van der Waals surface area contributed by atoms with Crippen LogP contribution in [0.15, 0.2) is 0 Å². The quantitative estimate of drug-likeness (QED) is 0.669. The molecule has 7 nitrogen and oxygen atoms in total. The number of aliphatic carboxylic acids is 1. The van der Waals surface area contributed by atoms with Gasteiger partial charge in [-0.2, -0.15) is 0 Å². The molecule has 0 aromatic rings. The van der Waals surface area contributed by atoms with Crippen LogP contribution in [0.3, 0.4) is 0 Å². The summed E-state index contributed by atoms with van der Waals surface area (Å²) in [6, 6.07) is -1.49. The second-order valence-corrected chi connectivity index (χ2v) is 5.43. The maximum Gasteiger partial charge on any atom is 0.326 e. The van der Waals surface area contributed by atoms with Crippen LogP contribution in [0.25, 0.3) is 0 Å². The Morgan fingerprint density at radius 1 is 1.26 bits per heavy atom. The highest BCUT2D eigenvalue weighted by molar-refractivity contribution is 5.83. The summed E-state index contributed by atoms with van der Waals surface area (Å²) in [6.45, 7) is 5.42. The third kappa shape index (κ3) is 6.08. The maximum absolute atomic E-state index is 11.8. The number of carboxylic acids is 1. The van der Waals surface area contributed by atoms with E-state index in [4.69, 9.17) is 5.11 Å². The lowest BCUT2D eigenvalue weighted by atomic mass is 9.87. The van der Waals surface area contributed by atoms with Crippen LogP contribution in [0.2, 0.25) is 0 Å². The number of carbonyl (C=O) groups is 3. The number of nitrogens with one attached hydrogen (secondary N) is 2. The van der Waals surface area contributed by atoms with Gasteiger partial charge in [0, 0.05) is 27.1 Å². The normalized spacial score (nSPS) is 12.5. The van der Waals surface area contributed by atoms with Crippen molar-refractivity contribution in [2.45, 2.75) is 33.2 Å². The minimum Gasteiger partial charge on any atom is -0.480 e. The highest BCUT2D eigenvalue weighted by atomic mass is 16.4. The molecule has 110 valence electrons. The summed E-state index contributed by atoms with van der Waals surface area (Å²) in [6.07, 6.45) is 0.174. The van der Waals surface area contributed by atoms with E-state index in [1.54, 1.807) is 20.8 Å². The summed E-state index contributed by atoms with van der Waals surface area (Å²) in [4.78, 5) is 35.3. The highest BCUT2D eigenvalue weighted by Crippen LogP contribution is 2.19. The Balaban J connectivity index is 4.49. The van der Waals surface area contributed by atoms with Crippen LogP contribution in [0.5, 0.6) is 0 Å². The van der Waals surface area contributed by atoms with Crippen LogP contribution >= 0.6 is 0 Å². The zero-order valence-electron chi connectivity index (χ0n) is 12.1. The second kappa shape index (κ2) is 6.96. The first-order valence-corrected chi connectivity index (χ1v) is 6.04. The van der Waals surface area contributed by atoms with Crippen molar-refractivity contribution in [3.63, 3.8) is 0 Å². The fourth-order valence-corrected chi connectivity index (χ4v) is 1.38. The molecule has 0 radical (unpaired) electrons. The van der Waals surface area contributed by atoms with Gasteiger partial charge >= 0.3 is 12.0 Å². The van der Waals surface area contributed by atoms with Gasteiger partial charge in [-0.1, -0.05) is 20.8 Å². The van der Waals surface area contributed by atoms with Gasteiger partial charge in [0.1, 0.15) is 6.04 Å². The van der Waals surface area contributed by atoms with E-state index in [0.29, 0.717) is 0 Å². The third-order valence-electron chi connectivity index (χ3n) is 2.68. The molecule has 3 amide bonds. The molecule has 0 unspecified atom stereocenters. The molecule has 0 saturated carbocycles. The first-order valence-electron chi connectivity index (χ1n) is 6.04. The van der Waals surface area contributed by atoms with Crippen LogP contribution in [0, 0.1) is 5.41 Å². The number of nitrogens with zero attached hydrogens (tertiary/aromatic N) is 1. The van der Waals surface area contributed by atoms with Crippen molar-refractivity contribution in [1.82, 2.24) is 15.5 Å². The number of amides is 3. The maximum atomic E-state index is 11.8. The minimum atomic E-state index is -1.08. The molecule has 0 aromatic heterocycles. The van der Waals surface area contributed by atoms with Crippen molar-refractivity contribution in [3.05, 3.63) is 0 Å². The van der Waals surface area contributed by atoms with E-state index in [2.05, 4.69) is 10.6 Å². The highest BCUT2D eigenvalue weighted by Gasteiger charge is 2.33. The van der Waals surface area contributed by atoms with Crippen molar-refractivity contribution >= 4 is 17.9 Å². The summed E-state index contributed by atoms with van der Waals surface area (Å²) < 4.78 is 0. The van der Waals surface area contributed by atoms with Crippen LogP contribution in [0.1, 0.15) is 27.2 Å². The Morgan fingerprint density at radius 3 is 2.16 bits per heavy atom. The SMILES string of the molecule is CNC(=O)CCN(C)C(=O)N[C@@H](C(=O)O)C(C)(C)C. The molecule has 0 aliphatic carbocycles. The van der Waals surface area contributed by atoms with Gasteiger partial charge in [-0.05, 0) is 5.41 Å². The summed E-state index contributed by atoms with van der Waals surface area (Å²) in [5, 5.41) is 14.0. The molecule has 0 aliphatic heterocycles. The van der Waals surface area contributed by atoms with Crippen molar-refractivity contribution in [3.8, 4) is 0 Å². The molecule has 0 heterocycles.